The first-order valence-corrected chi connectivity index (χ1v) is 7.29. The van der Waals surface area contributed by atoms with Crippen LogP contribution in [0, 0.1) is 0 Å². The lowest BCUT2D eigenvalue weighted by molar-refractivity contribution is -0.123. The van der Waals surface area contributed by atoms with E-state index in [4.69, 9.17) is 17.3 Å². The highest BCUT2D eigenvalue weighted by molar-refractivity contribution is 6.30. The summed E-state index contributed by atoms with van der Waals surface area (Å²) in [5.41, 5.74) is 7.87. The Balaban J connectivity index is 1.93. The number of amides is 1. The molecule has 21 heavy (non-hydrogen) atoms. The van der Waals surface area contributed by atoms with Crippen LogP contribution in [-0.2, 0) is 11.2 Å². The first-order valence-electron chi connectivity index (χ1n) is 6.91. The second-order valence-corrected chi connectivity index (χ2v) is 5.57. The molecule has 2 aromatic rings. The minimum absolute atomic E-state index is 0.00858. The molecule has 0 spiro atoms. The van der Waals surface area contributed by atoms with Crippen molar-refractivity contribution in [2.24, 2.45) is 5.73 Å². The molecule has 0 aliphatic heterocycles. The van der Waals surface area contributed by atoms with Crippen molar-refractivity contribution in [3.63, 3.8) is 0 Å². The Morgan fingerprint density at radius 3 is 2.57 bits per heavy atom. The average Bonchev–Trinajstić information content (AvgIpc) is 2.47. The number of hydrogen-bond acceptors (Lipinski definition) is 2. The number of nitrogens with one attached hydrogen (secondary N) is 1. The number of carbonyl (C=O) groups excluding carboxylic acids is 1. The highest BCUT2D eigenvalue weighted by Gasteiger charge is 2.17. The molecule has 0 heterocycles. The van der Waals surface area contributed by atoms with Crippen molar-refractivity contribution < 1.29 is 4.79 Å². The molecule has 3 N–H and O–H groups in total. The van der Waals surface area contributed by atoms with E-state index < -0.39 is 6.04 Å². The van der Waals surface area contributed by atoms with Crippen LogP contribution in [0.2, 0.25) is 5.02 Å². The third kappa shape index (κ3) is 4.59. The normalized spacial score (nSPS) is 13.5. The van der Waals surface area contributed by atoms with Crippen LogP contribution in [-0.4, -0.2) is 11.9 Å². The maximum absolute atomic E-state index is 12.1. The molecule has 2 unspecified atom stereocenters. The van der Waals surface area contributed by atoms with Gasteiger partial charge in [0.05, 0.1) is 0 Å². The van der Waals surface area contributed by atoms with Crippen molar-refractivity contribution in [1.82, 2.24) is 5.32 Å². The molecule has 0 bridgehead atoms. The van der Waals surface area contributed by atoms with Crippen LogP contribution in [0.1, 0.15) is 24.1 Å². The highest BCUT2D eigenvalue weighted by atomic mass is 35.5. The maximum atomic E-state index is 12.1. The predicted molar refractivity (Wildman–Crippen MR) is 86.1 cm³/mol. The third-order valence-electron chi connectivity index (χ3n) is 3.26. The molecule has 0 aromatic heterocycles. The zero-order valence-corrected chi connectivity index (χ0v) is 12.7. The topological polar surface area (TPSA) is 55.1 Å². The van der Waals surface area contributed by atoms with E-state index in [1.165, 1.54) is 0 Å². The third-order valence-corrected chi connectivity index (χ3v) is 3.50. The van der Waals surface area contributed by atoms with Gasteiger partial charge in [0, 0.05) is 11.1 Å². The second kappa shape index (κ2) is 7.25. The molecule has 1 amide bonds. The molecule has 0 saturated heterocycles. The summed E-state index contributed by atoms with van der Waals surface area (Å²) in [5, 5.41) is 3.64. The SMILES string of the molecule is CC(Cc1cccc(Cl)c1)NC(=O)C(N)c1ccccc1. The summed E-state index contributed by atoms with van der Waals surface area (Å²) in [6.45, 7) is 1.95. The van der Waals surface area contributed by atoms with Crippen molar-refractivity contribution in [2.45, 2.75) is 25.4 Å². The van der Waals surface area contributed by atoms with Crippen LogP contribution in [0.4, 0.5) is 0 Å². The number of carbonyl (C=O) groups is 1. The monoisotopic (exact) mass is 302 g/mol. The van der Waals surface area contributed by atoms with E-state index in [0.717, 1.165) is 11.1 Å². The standard InChI is InChI=1S/C17H19ClN2O/c1-12(10-13-6-5-9-15(18)11-13)20-17(21)16(19)14-7-3-2-4-8-14/h2-9,11-12,16H,10,19H2,1H3,(H,20,21). The van der Waals surface area contributed by atoms with Gasteiger partial charge in [0.15, 0.2) is 0 Å². The highest BCUT2D eigenvalue weighted by Crippen LogP contribution is 2.13. The van der Waals surface area contributed by atoms with Gasteiger partial charge in [-0.2, -0.15) is 0 Å². The van der Waals surface area contributed by atoms with E-state index in [9.17, 15) is 4.79 Å². The lowest BCUT2D eigenvalue weighted by Crippen LogP contribution is -2.40. The zero-order chi connectivity index (χ0) is 15.2. The van der Waals surface area contributed by atoms with E-state index in [0.29, 0.717) is 11.4 Å². The molecule has 3 nitrogen and oxygen atoms in total. The Morgan fingerprint density at radius 1 is 1.19 bits per heavy atom. The molecule has 0 saturated carbocycles. The van der Waals surface area contributed by atoms with E-state index in [1.807, 2.05) is 61.5 Å². The first kappa shape index (κ1) is 15.5. The van der Waals surface area contributed by atoms with Crippen molar-refractivity contribution >= 4 is 17.5 Å². The van der Waals surface area contributed by atoms with Crippen LogP contribution < -0.4 is 11.1 Å². The molecule has 2 rings (SSSR count). The minimum atomic E-state index is -0.645. The number of halogens is 1. The molecular formula is C17H19ClN2O. The maximum Gasteiger partial charge on any atom is 0.241 e. The molecule has 0 fully saturated rings. The van der Waals surface area contributed by atoms with Crippen molar-refractivity contribution in [2.75, 3.05) is 0 Å². The van der Waals surface area contributed by atoms with Gasteiger partial charge in [-0.3, -0.25) is 4.79 Å². The summed E-state index contributed by atoms with van der Waals surface area (Å²) in [4.78, 5) is 12.1. The Kier molecular flexibility index (Phi) is 5.37. The number of nitrogens with two attached hydrogens (primary N) is 1. The van der Waals surface area contributed by atoms with Crippen LogP contribution >= 0.6 is 11.6 Å². The van der Waals surface area contributed by atoms with Gasteiger partial charge in [-0.05, 0) is 36.6 Å². The Morgan fingerprint density at radius 2 is 1.90 bits per heavy atom. The van der Waals surface area contributed by atoms with Crippen LogP contribution in [0.15, 0.2) is 54.6 Å². The summed E-state index contributed by atoms with van der Waals surface area (Å²) >= 11 is 5.96. The van der Waals surface area contributed by atoms with Gasteiger partial charge in [0.1, 0.15) is 6.04 Å². The number of hydrogen-bond donors (Lipinski definition) is 2. The van der Waals surface area contributed by atoms with Gasteiger partial charge in [-0.15, -0.1) is 0 Å². The fraction of sp³-hybridized carbons (Fsp3) is 0.235. The molecule has 2 aromatic carbocycles. The van der Waals surface area contributed by atoms with Gasteiger partial charge in [0.25, 0.3) is 0 Å². The molecule has 0 aliphatic rings. The molecular weight excluding hydrogens is 284 g/mol. The molecule has 110 valence electrons. The molecule has 0 aliphatic carbocycles. The molecule has 4 heteroatoms. The van der Waals surface area contributed by atoms with Crippen LogP contribution in [0.3, 0.4) is 0 Å². The summed E-state index contributed by atoms with van der Waals surface area (Å²) in [5.74, 6) is -0.171. The van der Waals surface area contributed by atoms with Gasteiger partial charge in [0.2, 0.25) is 5.91 Å². The zero-order valence-electron chi connectivity index (χ0n) is 11.9. The van der Waals surface area contributed by atoms with E-state index in [1.54, 1.807) is 0 Å². The number of rotatable bonds is 5. The van der Waals surface area contributed by atoms with Crippen molar-refractivity contribution in [3.8, 4) is 0 Å². The van der Waals surface area contributed by atoms with E-state index in [-0.39, 0.29) is 11.9 Å². The van der Waals surface area contributed by atoms with Crippen molar-refractivity contribution in [3.05, 3.63) is 70.7 Å². The Labute approximate surface area is 130 Å². The fourth-order valence-electron chi connectivity index (χ4n) is 2.21. The lowest BCUT2D eigenvalue weighted by Gasteiger charge is -2.18. The van der Waals surface area contributed by atoms with Gasteiger partial charge >= 0.3 is 0 Å². The Hall–Kier alpha value is -1.84. The van der Waals surface area contributed by atoms with Gasteiger partial charge < -0.3 is 11.1 Å². The van der Waals surface area contributed by atoms with E-state index >= 15 is 0 Å². The lowest BCUT2D eigenvalue weighted by atomic mass is 10.0. The average molecular weight is 303 g/mol. The van der Waals surface area contributed by atoms with Crippen molar-refractivity contribution in [1.29, 1.82) is 0 Å². The fourth-order valence-corrected chi connectivity index (χ4v) is 2.43. The van der Waals surface area contributed by atoms with Gasteiger partial charge in [-0.25, -0.2) is 0 Å². The first-order chi connectivity index (χ1) is 10.1. The summed E-state index contributed by atoms with van der Waals surface area (Å²) in [6.07, 6.45) is 0.716. The second-order valence-electron chi connectivity index (χ2n) is 5.13. The van der Waals surface area contributed by atoms with Crippen LogP contribution in [0.5, 0.6) is 0 Å². The predicted octanol–water partition coefficient (Wildman–Crippen LogP) is 3.09. The smallest absolute Gasteiger partial charge is 0.241 e. The minimum Gasteiger partial charge on any atom is -0.352 e. The molecule has 0 radical (unpaired) electrons. The largest absolute Gasteiger partial charge is 0.352 e. The summed E-state index contributed by atoms with van der Waals surface area (Å²) < 4.78 is 0. The molecule has 2 atom stereocenters. The quantitative estimate of drug-likeness (QED) is 0.892. The summed E-state index contributed by atoms with van der Waals surface area (Å²) in [7, 11) is 0. The Bertz CT molecular complexity index is 601. The summed E-state index contributed by atoms with van der Waals surface area (Å²) in [6, 6.07) is 16.3. The van der Waals surface area contributed by atoms with Gasteiger partial charge in [-0.1, -0.05) is 54.1 Å². The van der Waals surface area contributed by atoms with E-state index in [2.05, 4.69) is 5.32 Å². The number of benzene rings is 2. The van der Waals surface area contributed by atoms with Crippen LogP contribution in [0.25, 0.3) is 0 Å².